The first-order valence-electron chi connectivity index (χ1n) is 7.00. The zero-order valence-corrected chi connectivity index (χ0v) is 12.6. The lowest BCUT2D eigenvalue weighted by molar-refractivity contribution is 0.249. The van der Waals surface area contributed by atoms with E-state index in [1.165, 1.54) is 0 Å². The predicted octanol–water partition coefficient (Wildman–Crippen LogP) is 2.35. The van der Waals surface area contributed by atoms with Crippen molar-refractivity contribution < 1.29 is 4.79 Å². The van der Waals surface area contributed by atoms with Gasteiger partial charge in [0.1, 0.15) is 0 Å². The van der Waals surface area contributed by atoms with Crippen molar-refractivity contribution >= 4 is 11.7 Å². The molecule has 21 heavy (non-hydrogen) atoms. The third-order valence-corrected chi connectivity index (χ3v) is 3.12. The highest BCUT2D eigenvalue weighted by Gasteiger charge is 2.09. The fraction of sp³-hybridized carbons (Fsp3) is 0.400. The minimum absolute atomic E-state index is 0.219. The molecule has 112 valence electrons. The highest BCUT2D eigenvalue weighted by molar-refractivity contribution is 5.88. The standard InChI is InChI=1S/C15H21N5O/c1-11(10-20-13(3)7-12(2)19-20)8-17-15(21)18-14-5-4-6-16-9-14/h4-7,9,11H,8,10H2,1-3H3,(H2,17,18,21)/t11-/m0/s1. The van der Waals surface area contributed by atoms with Crippen LogP contribution in [0, 0.1) is 19.8 Å². The Morgan fingerprint density at radius 3 is 2.86 bits per heavy atom. The fourth-order valence-electron chi connectivity index (χ4n) is 2.10. The highest BCUT2D eigenvalue weighted by atomic mass is 16.2. The zero-order valence-electron chi connectivity index (χ0n) is 12.6. The molecule has 0 saturated carbocycles. The van der Waals surface area contributed by atoms with Gasteiger partial charge in [0.2, 0.25) is 0 Å². The second kappa shape index (κ2) is 6.88. The molecule has 1 atom stereocenters. The van der Waals surface area contributed by atoms with Gasteiger partial charge in [0, 0.05) is 25.0 Å². The first-order chi connectivity index (χ1) is 10.0. The highest BCUT2D eigenvalue weighted by Crippen LogP contribution is 2.06. The molecule has 2 aromatic rings. The van der Waals surface area contributed by atoms with E-state index in [2.05, 4.69) is 33.7 Å². The zero-order chi connectivity index (χ0) is 15.2. The number of urea groups is 1. The smallest absolute Gasteiger partial charge is 0.319 e. The van der Waals surface area contributed by atoms with Gasteiger partial charge in [-0.05, 0) is 38.0 Å². The number of carbonyl (C=O) groups excluding carboxylic acids is 1. The number of amides is 2. The maximum atomic E-state index is 11.8. The summed E-state index contributed by atoms with van der Waals surface area (Å²) in [6.07, 6.45) is 3.28. The maximum absolute atomic E-state index is 11.8. The van der Waals surface area contributed by atoms with Crippen molar-refractivity contribution in [2.45, 2.75) is 27.3 Å². The third kappa shape index (κ3) is 4.59. The molecule has 2 amide bonds. The number of hydrogen-bond acceptors (Lipinski definition) is 3. The summed E-state index contributed by atoms with van der Waals surface area (Å²) < 4.78 is 1.97. The van der Waals surface area contributed by atoms with Crippen LogP contribution in [0.25, 0.3) is 0 Å². The van der Waals surface area contributed by atoms with Gasteiger partial charge in [-0.15, -0.1) is 0 Å². The topological polar surface area (TPSA) is 71.8 Å². The van der Waals surface area contributed by atoms with Crippen LogP contribution < -0.4 is 10.6 Å². The molecule has 6 nitrogen and oxygen atoms in total. The second-order valence-corrected chi connectivity index (χ2v) is 5.29. The molecule has 0 aliphatic heterocycles. The van der Waals surface area contributed by atoms with Crippen molar-refractivity contribution in [1.29, 1.82) is 0 Å². The molecule has 0 spiro atoms. The van der Waals surface area contributed by atoms with E-state index in [9.17, 15) is 4.79 Å². The number of nitrogens with zero attached hydrogens (tertiary/aromatic N) is 3. The predicted molar refractivity (Wildman–Crippen MR) is 82.1 cm³/mol. The maximum Gasteiger partial charge on any atom is 0.319 e. The molecule has 0 aliphatic carbocycles. The minimum atomic E-state index is -0.219. The number of rotatable bonds is 5. The van der Waals surface area contributed by atoms with E-state index in [0.29, 0.717) is 18.2 Å². The summed E-state index contributed by atoms with van der Waals surface area (Å²) in [6.45, 7) is 7.47. The van der Waals surface area contributed by atoms with Crippen molar-refractivity contribution in [3.63, 3.8) is 0 Å². The quantitative estimate of drug-likeness (QED) is 0.886. The van der Waals surface area contributed by atoms with Crippen molar-refractivity contribution in [2.75, 3.05) is 11.9 Å². The summed E-state index contributed by atoms with van der Waals surface area (Å²) >= 11 is 0. The third-order valence-electron chi connectivity index (χ3n) is 3.12. The lowest BCUT2D eigenvalue weighted by atomic mass is 10.2. The largest absolute Gasteiger partial charge is 0.338 e. The number of carbonyl (C=O) groups is 1. The van der Waals surface area contributed by atoms with Crippen molar-refractivity contribution in [3.8, 4) is 0 Å². The van der Waals surface area contributed by atoms with Gasteiger partial charge in [0.15, 0.2) is 0 Å². The number of aromatic nitrogens is 3. The number of aryl methyl sites for hydroxylation is 2. The summed E-state index contributed by atoms with van der Waals surface area (Å²) in [5.74, 6) is 0.294. The number of hydrogen-bond donors (Lipinski definition) is 2. The monoisotopic (exact) mass is 287 g/mol. The lowest BCUT2D eigenvalue weighted by Gasteiger charge is -2.14. The summed E-state index contributed by atoms with van der Waals surface area (Å²) in [6, 6.07) is 5.41. The van der Waals surface area contributed by atoms with Crippen LogP contribution in [0.3, 0.4) is 0 Å². The van der Waals surface area contributed by atoms with Crippen LogP contribution in [0.4, 0.5) is 10.5 Å². The van der Waals surface area contributed by atoms with E-state index < -0.39 is 0 Å². The molecule has 0 bridgehead atoms. The summed E-state index contributed by atoms with van der Waals surface area (Å²) in [4.78, 5) is 15.7. The molecule has 2 aromatic heterocycles. The van der Waals surface area contributed by atoms with E-state index in [1.807, 2.05) is 18.5 Å². The lowest BCUT2D eigenvalue weighted by Crippen LogP contribution is -2.33. The Bertz CT molecular complexity index is 593. The molecular weight excluding hydrogens is 266 g/mol. The minimum Gasteiger partial charge on any atom is -0.338 e. The van der Waals surface area contributed by atoms with Crippen LogP contribution in [0.15, 0.2) is 30.6 Å². The van der Waals surface area contributed by atoms with Crippen molar-refractivity contribution in [3.05, 3.63) is 42.0 Å². The van der Waals surface area contributed by atoms with Crippen LogP contribution in [0.1, 0.15) is 18.3 Å². The molecule has 0 unspecified atom stereocenters. The Morgan fingerprint density at radius 2 is 2.24 bits per heavy atom. The molecular formula is C15H21N5O. The van der Waals surface area contributed by atoms with Crippen LogP contribution in [0.2, 0.25) is 0 Å². The van der Waals surface area contributed by atoms with E-state index >= 15 is 0 Å². The van der Waals surface area contributed by atoms with Gasteiger partial charge < -0.3 is 10.6 Å². The summed E-state index contributed by atoms with van der Waals surface area (Å²) in [5, 5.41) is 10.0. The molecule has 6 heteroatoms. The molecule has 0 aromatic carbocycles. The van der Waals surface area contributed by atoms with Gasteiger partial charge >= 0.3 is 6.03 Å². The Balaban J connectivity index is 1.77. The average Bonchev–Trinajstić information content (AvgIpc) is 2.76. The molecule has 2 N–H and O–H groups in total. The Hall–Kier alpha value is -2.37. The molecule has 2 rings (SSSR count). The Morgan fingerprint density at radius 1 is 1.43 bits per heavy atom. The summed E-state index contributed by atoms with van der Waals surface area (Å²) in [5.41, 5.74) is 2.84. The van der Waals surface area contributed by atoms with Crippen molar-refractivity contribution in [1.82, 2.24) is 20.1 Å². The fourth-order valence-corrected chi connectivity index (χ4v) is 2.10. The van der Waals surface area contributed by atoms with Gasteiger partial charge in [0.25, 0.3) is 0 Å². The first kappa shape index (κ1) is 15.0. The van der Waals surface area contributed by atoms with Crippen LogP contribution in [-0.4, -0.2) is 27.3 Å². The van der Waals surface area contributed by atoms with Gasteiger partial charge in [-0.2, -0.15) is 5.10 Å². The Labute approximate surface area is 124 Å². The van der Waals surface area contributed by atoms with Crippen LogP contribution >= 0.6 is 0 Å². The normalized spacial score (nSPS) is 12.0. The molecule has 0 aliphatic rings. The number of pyridine rings is 1. The van der Waals surface area contributed by atoms with Crippen LogP contribution in [0.5, 0.6) is 0 Å². The van der Waals surface area contributed by atoms with Gasteiger partial charge in [0.05, 0.1) is 17.6 Å². The van der Waals surface area contributed by atoms with Gasteiger partial charge in [-0.25, -0.2) is 4.79 Å². The molecule has 2 heterocycles. The van der Waals surface area contributed by atoms with Gasteiger partial charge in [-0.1, -0.05) is 6.92 Å². The van der Waals surface area contributed by atoms with Gasteiger partial charge in [-0.3, -0.25) is 9.67 Å². The van der Waals surface area contributed by atoms with Crippen LogP contribution in [-0.2, 0) is 6.54 Å². The van der Waals surface area contributed by atoms with E-state index in [-0.39, 0.29) is 6.03 Å². The molecule has 0 fully saturated rings. The Kier molecular flexibility index (Phi) is 4.92. The first-order valence-corrected chi connectivity index (χ1v) is 7.00. The van der Waals surface area contributed by atoms with E-state index in [1.54, 1.807) is 24.5 Å². The molecule has 0 saturated heterocycles. The molecule has 0 radical (unpaired) electrons. The summed E-state index contributed by atoms with van der Waals surface area (Å²) in [7, 11) is 0. The van der Waals surface area contributed by atoms with E-state index in [4.69, 9.17) is 0 Å². The number of nitrogens with one attached hydrogen (secondary N) is 2. The van der Waals surface area contributed by atoms with Crippen molar-refractivity contribution in [2.24, 2.45) is 5.92 Å². The number of anilines is 1. The average molecular weight is 287 g/mol. The van der Waals surface area contributed by atoms with E-state index in [0.717, 1.165) is 17.9 Å². The SMILES string of the molecule is Cc1cc(C)n(C[C@@H](C)CNC(=O)Nc2cccnc2)n1. The second-order valence-electron chi connectivity index (χ2n) is 5.29.